The Bertz CT molecular complexity index is 706. The van der Waals surface area contributed by atoms with Crippen molar-refractivity contribution in [1.29, 1.82) is 0 Å². The van der Waals surface area contributed by atoms with Crippen LogP contribution in [0.25, 0.3) is 0 Å². The third-order valence-electron chi connectivity index (χ3n) is 4.83. The lowest BCUT2D eigenvalue weighted by molar-refractivity contribution is -0.120. The molecule has 27 heavy (non-hydrogen) atoms. The molecule has 0 aliphatic carbocycles. The number of thiophene rings is 1. The molecular weight excluding hydrogens is 358 g/mol. The summed E-state index contributed by atoms with van der Waals surface area (Å²) in [7, 11) is 4.11. The molecule has 1 aromatic carbocycles. The second kappa shape index (κ2) is 10.4. The average molecular weight is 390 g/mol. The highest BCUT2D eigenvalue weighted by molar-refractivity contribution is 7.07. The molecule has 0 radical (unpaired) electrons. The van der Waals surface area contributed by atoms with Gasteiger partial charge in [-0.1, -0.05) is 0 Å². The van der Waals surface area contributed by atoms with Crippen molar-refractivity contribution < 1.29 is 9.90 Å². The topological polar surface area (TPSA) is 64.6 Å². The van der Waals surface area contributed by atoms with Crippen molar-refractivity contribution in [1.82, 2.24) is 15.5 Å². The van der Waals surface area contributed by atoms with Crippen LogP contribution in [0.4, 0.5) is 0 Å². The quantitative estimate of drug-likeness (QED) is 0.584. The highest BCUT2D eigenvalue weighted by Crippen LogP contribution is 2.22. The molecule has 148 valence electrons. The summed E-state index contributed by atoms with van der Waals surface area (Å²) in [5, 5.41) is 20.1. The number of carbonyl (C=O) groups is 1. The van der Waals surface area contributed by atoms with E-state index < -0.39 is 0 Å². The number of hydrogen-bond donors (Lipinski definition) is 3. The summed E-state index contributed by atoms with van der Waals surface area (Å²) in [5.41, 5.74) is 4.73. The second-order valence-electron chi connectivity index (χ2n) is 7.24. The lowest BCUT2D eigenvalue weighted by Crippen LogP contribution is -2.43. The number of phenolic OH excluding ortho intramolecular Hbond substituents is 1. The van der Waals surface area contributed by atoms with Gasteiger partial charge < -0.3 is 20.6 Å². The van der Waals surface area contributed by atoms with Crippen LogP contribution in [0.1, 0.15) is 22.3 Å². The number of benzene rings is 1. The molecule has 5 nitrogen and oxygen atoms in total. The SMILES string of the molecule is Cc1cc(O)cc(C)c1C[C@@H](CNCC(=O)NCCc1ccsc1)N(C)C. The van der Waals surface area contributed by atoms with E-state index >= 15 is 0 Å². The zero-order valence-electron chi connectivity index (χ0n) is 16.7. The predicted molar refractivity (Wildman–Crippen MR) is 113 cm³/mol. The van der Waals surface area contributed by atoms with Crippen molar-refractivity contribution >= 4 is 17.2 Å². The highest BCUT2D eigenvalue weighted by atomic mass is 32.1. The molecule has 1 atom stereocenters. The Labute approximate surface area is 166 Å². The minimum absolute atomic E-state index is 0.0275. The van der Waals surface area contributed by atoms with Gasteiger partial charge in [0, 0.05) is 19.1 Å². The van der Waals surface area contributed by atoms with E-state index in [0.717, 1.165) is 30.5 Å². The third-order valence-corrected chi connectivity index (χ3v) is 5.56. The van der Waals surface area contributed by atoms with Crippen molar-refractivity contribution in [3.63, 3.8) is 0 Å². The first-order valence-corrected chi connectivity index (χ1v) is 10.2. The molecule has 1 aromatic heterocycles. The van der Waals surface area contributed by atoms with Crippen molar-refractivity contribution in [3.05, 3.63) is 51.2 Å². The van der Waals surface area contributed by atoms with Crippen molar-refractivity contribution in [2.75, 3.05) is 33.7 Å². The first-order chi connectivity index (χ1) is 12.9. The lowest BCUT2D eigenvalue weighted by Gasteiger charge is -2.26. The van der Waals surface area contributed by atoms with Crippen LogP contribution in [-0.2, 0) is 17.6 Å². The van der Waals surface area contributed by atoms with Gasteiger partial charge in [0.05, 0.1) is 6.54 Å². The fourth-order valence-electron chi connectivity index (χ4n) is 3.16. The number of nitrogens with one attached hydrogen (secondary N) is 2. The number of nitrogens with zero attached hydrogens (tertiary/aromatic N) is 1. The normalized spacial score (nSPS) is 12.3. The van der Waals surface area contributed by atoms with Gasteiger partial charge >= 0.3 is 0 Å². The fourth-order valence-corrected chi connectivity index (χ4v) is 3.86. The van der Waals surface area contributed by atoms with Gasteiger partial charge in [0.15, 0.2) is 0 Å². The molecular formula is C21H31N3O2S. The molecule has 2 rings (SSSR count). The zero-order chi connectivity index (χ0) is 19.8. The van der Waals surface area contributed by atoms with E-state index in [9.17, 15) is 9.90 Å². The Kier molecular flexibility index (Phi) is 8.28. The van der Waals surface area contributed by atoms with Crippen molar-refractivity contribution in [2.24, 2.45) is 0 Å². The van der Waals surface area contributed by atoms with Gasteiger partial charge in [-0.3, -0.25) is 4.79 Å². The van der Waals surface area contributed by atoms with E-state index in [1.807, 2.05) is 26.0 Å². The summed E-state index contributed by atoms with van der Waals surface area (Å²) in [5.74, 6) is 0.340. The summed E-state index contributed by atoms with van der Waals surface area (Å²) >= 11 is 1.68. The molecule has 6 heteroatoms. The maximum Gasteiger partial charge on any atom is 0.233 e. The molecule has 3 N–H and O–H groups in total. The molecule has 0 saturated heterocycles. The van der Waals surface area contributed by atoms with Crippen LogP contribution in [0.15, 0.2) is 29.0 Å². The monoisotopic (exact) mass is 389 g/mol. The summed E-state index contributed by atoms with van der Waals surface area (Å²) in [6.45, 7) is 5.78. The van der Waals surface area contributed by atoms with E-state index in [-0.39, 0.29) is 11.9 Å². The number of carbonyl (C=O) groups excluding carboxylic acids is 1. The number of aryl methyl sites for hydroxylation is 2. The van der Waals surface area contributed by atoms with Gasteiger partial charge in [-0.2, -0.15) is 11.3 Å². The average Bonchev–Trinajstić information content (AvgIpc) is 3.09. The standard InChI is InChI=1S/C21H31N3O2S/c1-15-9-19(25)10-16(2)20(15)11-18(24(3)4)12-22-13-21(26)23-7-5-17-6-8-27-14-17/h6,8-10,14,18,22,25H,5,7,11-13H2,1-4H3,(H,23,26)/t18-/m0/s1. The van der Waals surface area contributed by atoms with Gasteiger partial charge in [-0.15, -0.1) is 0 Å². The summed E-state index contributed by atoms with van der Waals surface area (Å²) in [6.07, 6.45) is 1.74. The smallest absolute Gasteiger partial charge is 0.233 e. The van der Waals surface area contributed by atoms with Gasteiger partial charge in [0.1, 0.15) is 5.75 Å². The van der Waals surface area contributed by atoms with Crippen molar-refractivity contribution in [3.8, 4) is 5.75 Å². The third kappa shape index (κ3) is 6.97. The summed E-state index contributed by atoms with van der Waals surface area (Å²) < 4.78 is 0. The Balaban J connectivity index is 1.78. The molecule has 0 spiro atoms. The first kappa shape index (κ1) is 21.4. The largest absolute Gasteiger partial charge is 0.508 e. The second-order valence-corrected chi connectivity index (χ2v) is 8.02. The van der Waals surface area contributed by atoms with Gasteiger partial charge in [0.25, 0.3) is 0 Å². The summed E-state index contributed by atoms with van der Waals surface area (Å²) in [6, 6.07) is 5.97. The van der Waals surface area contributed by atoms with Gasteiger partial charge in [-0.25, -0.2) is 0 Å². The fraction of sp³-hybridized carbons (Fsp3) is 0.476. The van der Waals surface area contributed by atoms with Crippen LogP contribution in [0.2, 0.25) is 0 Å². The Morgan fingerprint density at radius 3 is 2.56 bits per heavy atom. The first-order valence-electron chi connectivity index (χ1n) is 9.30. The predicted octanol–water partition coefficient (Wildman–Crippen LogP) is 2.49. The zero-order valence-corrected chi connectivity index (χ0v) is 17.5. The Morgan fingerprint density at radius 1 is 1.26 bits per heavy atom. The number of hydrogen-bond acceptors (Lipinski definition) is 5. The Hall–Kier alpha value is -1.89. The van der Waals surface area contributed by atoms with E-state index in [0.29, 0.717) is 18.8 Å². The minimum atomic E-state index is 0.0275. The van der Waals surface area contributed by atoms with Crippen molar-refractivity contribution in [2.45, 2.75) is 32.7 Å². The van der Waals surface area contributed by atoms with E-state index in [4.69, 9.17) is 0 Å². The molecule has 2 aromatic rings. The summed E-state index contributed by atoms with van der Waals surface area (Å²) in [4.78, 5) is 14.2. The number of rotatable bonds is 10. The number of amides is 1. The van der Waals surface area contributed by atoms with E-state index in [1.54, 1.807) is 11.3 Å². The van der Waals surface area contributed by atoms with E-state index in [2.05, 4.69) is 46.5 Å². The number of aromatic hydroxyl groups is 1. The molecule has 0 aliphatic heterocycles. The molecule has 0 bridgehead atoms. The highest BCUT2D eigenvalue weighted by Gasteiger charge is 2.16. The number of phenols is 1. The van der Waals surface area contributed by atoms with Gasteiger partial charge in [0.2, 0.25) is 5.91 Å². The van der Waals surface area contributed by atoms with Crippen LogP contribution in [0.3, 0.4) is 0 Å². The maximum absolute atomic E-state index is 12.0. The maximum atomic E-state index is 12.0. The van der Waals surface area contributed by atoms with Crippen LogP contribution >= 0.6 is 11.3 Å². The van der Waals surface area contributed by atoms with Crippen LogP contribution in [0, 0.1) is 13.8 Å². The molecule has 0 fully saturated rings. The van der Waals surface area contributed by atoms with Gasteiger partial charge in [-0.05, 0) is 92.0 Å². The lowest BCUT2D eigenvalue weighted by atomic mass is 9.95. The van der Waals surface area contributed by atoms with Crippen LogP contribution in [-0.4, -0.2) is 55.7 Å². The molecule has 1 heterocycles. The molecule has 1 amide bonds. The molecule has 0 saturated carbocycles. The minimum Gasteiger partial charge on any atom is -0.508 e. The Morgan fingerprint density at radius 2 is 1.96 bits per heavy atom. The molecule has 0 aliphatic rings. The van der Waals surface area contributed by atoms with Crippen LogP contribution in [0.5, 0.6) is 5.75 Å². The number of likely N-dealkylation sites (N-methyl/N-ethyl adjacent to an activating group) is 1. The van der Waals surface area contributed by atoms with E-state index in [1.165, 1.54) is 11.1 Å². The van der Waals surface area contributed by atoms with Crippen LogP contribution < -0.4 is 10.6 Å². The molecule has 0 unspecified atom stereocenters.